The molecule has 0 N–H and O–H groups in total. The second kappa shape index (κ2) is 13.4. The number of aromatic nitrogens is 1. The SMILES string of the molecule is CCOC(=O)Cc1c(C(=O)c2ccccc2)sc(SCCc2ccccc2)c1-[n+]1ccccc1.[Br-]. The molecule has 4 rings (SSSR count). The molecule has 35 heavy (non-hydrogen) atoms. The van der Waals surface area contributed by atoms with Crippen LogP contribution in [0.1, 0.15) is 33.3 Å². The molecule has 2 aromatic heterocycles. The first-order valence-electron chi connectivity index (χ1n) is 11.2. The topological polar surface area (TPSA) is 47.3 Å². The zero-order chi connectivity index (χ0) is 23.8. The monoisotopic (exact) mass is 567 g/mol. The van der Waals surface area contributed by atoms with Crippen molar-refractivity contribution >= 4 is 34.9 Å². The fourth-order valence-corrected chi connectivity index (χ4v) is 6.31. The summed E-state index contributed by atoms with van der Waals surface area (Å²) < 4.78 is 8.28. The van der Waals surface area contributed by atoms with Crippen molar-refractivity contribution in [3.05, 3.63) is 113 Å². The Morgan fingerprint density at radius 1 is 0.914 bits per heavy atom. The van der Waals surface area contributed by atoms with E-state index >= 15 is 0 Å². The number of benzene rings is 2. The lowest BCUT2D eigenvalue weighted by atomic mass is 10.0. The summed E-state index contributed by atoms with van der Waals surface area (Å²) in [5.41, 5.74) is 3.49. The number of hydrogen-bond acceptors (Lipinski definition) is 5. The number of ether oxygens (including phenoxy) is 1. The van der Waals surface area contributed by atoms with Crippen molar-refractivity contribution in [3.8, 4) is 5.69 Å². The zero-order valence-corrected chi connectivity index (χ0v) is 22.6. The summed E-state index contributed by atoms with van der Waals surface area (Å²) in [6, 6.07) is 25.4. The van der Waals surface area contributed by atoms with Gasteiger partial charge >= 0.3 is 5.97 Å². The van der Waals surface area contributed by atoms with E-state index in [0.717, 1.165) is 27.6 Å². The van der Waals surface area contributed by atoms with E-state index in [0.29, 0.717) is 17.0 Å². The molecule has 0 fully saturated rings. The van der Waals surface area contributed by atoms with Crippen LogP contribution in [0.15, 0.2) is 95.5 Å². The lowest BCUT2D eigenvalue weighted by molar-refractivity contribution is -0.598. The van der Waals surface area contributed by atoms with Gasteiger partial charge in [0.15, 0.2) is 12.4 Å². The highest BCUT2D eigenvalue weighted by atomic mass is 79.9. The van der Waals surface area contributed by atoms with Gasteiger partial charge in [0.25, 0.3) is 0 Å². The number of pyridine rings is 1. The highest BCUT2D eigenvalue weighted by Crippen LogP contribution is 2.38. The van der Waals surface area contributed by atoms with E-state index in [4.69, 9.17) is 4.74 Å². The fraction of sp³-hybridized carbons (Fsp3) is 0.179. The lowest BCUT2D eigenvalue weighted by Crippen LogP contribution is -3.00. The number of halogens is 1. The zero-order valence-electron chi connectivity index (χ0n) is 19.4. The predicted octanol–water partition coefficient (Wildman–Crippen LogP) is 2.70. The number of thiophene rings is 1. The molecule has 4 nitrogen and oxygen atoms in total. The molecule has 0 amide bonds. The first kappa shape index (κ1) is 26.9. The largest absolute Gasteiger partial charge is 1.00 e. The molecule has 0 saturated heterocycles. The number of carbonyl (C=O) groups is 2. The summed E-state index contributed by atoms with van der Waals surface area (Å²) in [6.45, 7) is 2.09. The predicted molar refractivity (Wildman–Crippen MR) is 137 cm³/mol. The van der Waals surface area contributed by atoms with Crippen LogP contribution in [0.3, 0.4) is 0 Å². The summed E-state index contributed by atoms with van der Waals surface area (Å²) in [5.74, 6) is 0.460. The number of hydrogen-bond donors (Lipinski definition) is 0. The Morgan fingerprint density at radius 3 is 2.20 bits per heavy atom. The molecule has 0 spiro atoms. The van der Waals surface area contributed by atoms with Crippen LogP contribution in [-0.4, -0.2) is 24.1 Å². The van der Waals surface area contributed by atoms with Gasteiger partial charge in [0.1, 0.15) is 4.21 Å². The van der Waals surface area contributed by atoms with Gasteiger partial charge in [0, 0.05) is 23.4 Å². The van der Waals surface area contributed by atoms with Crippen molar-refractivity contribution in [1.29, 1.82) is 0 Å². The Balaban J connectivity index is 0.00000342. The van der Waals surface area contributed by atoms with Crippen molar-refractivity contribution in [2.75, 3.05) is 12.4 Å². The van der Waals surface area contributed by atoms with E-state index in [-0.39, 0.29) is 35.2 Å². The Hall–Kier alpha value is -2.74. The Morgan fingerprint density at radius 2 is 1.54 bits per heavy atom. The van der Waals surface area contributed by atoms with Crippen LogP contribution < -0.4 is 21.5 Å². The second-order valence-corrected chi connectivity index (χ2v) is 9.97. The standard InChI is InChI=1S/C28H26NO3S2.BrH/c1-2-32-24(30)20-23-25(29-17-10-5-11-18-29)28(33-19-16-21-12-6-3-7-13-21)34-27(23)26(31)22-14-8-4-9-15-22;/h3-15,17-18H,2,16,19-20H2,1H3;1H/q+1;/p-1. The number of nitrogens with zero attached hydrogens (tertiary/aromatic N) is 1. The third-order valence-electron chi connectivity index (χ3n) is 5.26. The second-order valence-electron chi connectivity index (χ2n) is 7.59. The summed E-state index contributed by atoms with van der Waals surface area (Å²) in [5, 5.41) is 0. The molecule has 4 aromatic rings. The summed E-state index contributed by atoms with van der Waals surface area (Å²) in [7, 11) is 0. The average molecular weight is 569 g/mol. The van der Waals surface area contributed by atoms with Crippen molar-refractivity contribution in [3.63, 3.8) is 0 Å². The lowest BCUT2D eigenvalue weighted by Gasteiger charge is -2.05. The van der Waals surface area contributed by atoms with E-state index in [1.165, 1.54) is 16.9 Å². The molecule has 0 aliphatic carbocycles. The summed E-state index contributed by atoms with van der Waals surface area (Å²) in [4.78, 5) is 26.7. The molecule has 2 aromatic carbocycles. The molecule has 0 saturated carbocycles. The molecular formula is C28H26BrNO3S2. The van der Waals surface area contributed by atoms with Crippen molar-refractivity contribution in [2.45, 2.75) is 24.0 Å². The van der Waals surface area contributed by atoms with Crippen LogP contribution in [0.25, 0.3) is 5.69 Å². The minimum Gasteiger partial charge on any atom is -1.00 e. The van der Waals surface area contributed by atoms with E-state index in [2.05, 4.69) is 12.1 Å². The molecule has 0 atom stereocenters. The fourth-order valence-electron chi connectivity index (χ4n) is 3.67. The summed E-state index contributed by atoms with van der Waals surface area (Å²) in [6.07, 6.45) is 4.87. The minimum absolute atomic E-state index is 0. The maximum Gasteiger partial charge on any atom is 0.310 e. The van der Waals surface area contributed by atoms with Gasteiger partial charge in [-0.25, -0.2) is 0 Å². The van der Waals surface area contributed by atoms with Gasteiger partial charge < -0.3 is 21.7 Å². The molecular weight excluding hydrogens is 542 g/mol. The van der Waals surface area contributed by atoms with Crippen molar-refractivity contribution in [2.24, 2.45) is 0 Å². The van der Waals surface area contributed by atoms with Gasteiger partial charge in [-0.05, 0) is 18.9 Å². The highest BCUT2D eigenvalue weighted by molar-refractivity contribution is 8.01. The van der Waals surface area contributed by atoms with Crippen LogP contribution >= 0.6 is 23.1 Å². The van der Waals surface area contributed by atoms with Crippen molar-refractivity contribution in [1.82, 2.24) is 0 Å². The number of esters is 1. The number of carbonyl (C=O) groups excluding carboxylic acids is 2. The molecule has 2 heterocycles. The van der Waals surface area contributed by atoms with Crippen LogP contribution in [0, 0.1) is 0 Å². The van der Waals surface area contributed by atoms with Gasteiger partial charge in [-0.2, -0.15) is 4.57 Å². The number of thioether (sulfide) groups is 1. The Kier molecular flexibility index (Phi) is 10.3. The van der Waals surface area contributed by atoms with E-state index in [1.807, 2.05) is 83.7 Å². The van der Waals surface area contributed by atoms with Gasteiger partial charge in [-0.3, -0.25) is 9.59 Å². The van der Waals surface area contributed by atoms with E-state index in [1.54, 1.807) is 18.7 Å². The Bertz CT molecular complexity index is 1250. The van der Waals surface area contributed by atoms with Gasteiger partial charge in [-0.15, -0.1) is 23.1 Å². The average Bonchev–Trinajstić information content (AvgIpc) is 3.23. The molecule has 7 heteroatoms. The van der Waals surface area contributed by atoms with Crippen LogP contribution in [-0.2, 0) is 22.4 Å². The van der Waals surface area contributed by atoms with Gasteiger partial charge in [0.05, 0.1) is 23.5 Å². The highest BCUT2D eigenvalue weighted by Gasteiger charge is 2.31. The quantitative estimate of drug-likeness (QED) is 0.128. The first-order valence-corrected chi connectivity index (χ1v) is 13.0. The maximum atomic E-state index is 13.5. The van der Waals surface area contributed by atoms with E-state index in [9.17, 15) is 9.59 Å². The normalized spacial score (nSPS) is 10.4. The van der Waals surface area contributed by atoms with E-state index < -0.39 is 0 Å². The molecule has 180 valence electrons. The number of ketones is 1. The third kappa shape index (κ3) is 6.90. The molecule has 0 unspecified atom stereocenters. The van der Waals surface area contributed by atoms with Gasteiger partial charge in [0.2, 0.25) is 11.5 Å². The van der Waals surface area contributed by atoms with Crippen molar-refractivity contribution < 1.29 is 35.9 Å². The minimum atomic E-state index is -0.332. The smallest absolute Gasteiger partial charge is 0.310 e. The third-order valence-corrected chi connectivity index (χ3v) is 7.74. The van der Waals surface area contributed by atoms with Crippen LogP contribution in [0.2, 0.25) is 0 Å². The maximum absolute atomic E-state index is 13.5. The Labute approximate surface area is 224 Å². The molecule has 0 aliphatic heterocycles. The number of aryl methyl sites for hydroxylation is 1. The number of rotatable bonds is 10. The first-order chi connectivity index (χ1) is 16.7. The van der Waals surface area contributed by atoms with Gasteiger partial charge in [-0.1, -0.05) is 66.7 Å². The van der Waals surface area contributed by atoms with Crippen LogP contribution in [0.5, 0.6) is 0 Å². The van der Waals surface area contributed by atoms with Crippen LogP contribution in [0.4, 0.5) is 0 Å². The molecule has 0 aliphatic rings. The molecule has 0 bridgehead atoms. The summed E-state index contributed by atoms with van der Waals surface area (Å²) >= 11 is 3.18. The molecule has 0 radical (unpaired) electrons.